The van der Waals surface area contributed by atoms with E-state index in [2.05, 4.69) is 10.3 Å². The van der Waals surface area contributed by atoms with Crippen LogP contribution in [0, 0.1) is 0 Å². The highest BCUT2D eigenvalue weighted by atomic mass is 16.2. The fraction of sp³-hybridized carbons (Fsp3) is 0.0833. The summed E-state index contributed by atoms with van der Waals surface area (Å²) in [6.45, 7) is 0. The number of nitrogens with one attached hydrogen (secondary N) is 2. The number of β-lactam (4-membered cyclic amide) rings is 1. The summed E-state index contributed by atoms with van der Waals surface area (Å²) in [7, 11) is 0. The van der Waals surface area contributed by atoms with Crippen LogP contribution in [0.25, 0.3) is 10.9 Å². The summed E-state index contributed by atoms with van der Waals surface area (Å²) in [5.41, 5.74) is 2.02. The molecule has 1 unspecified atom stereocenters. The van der Waals surface area contributed by atoms with Crippen LogP contribution in [0.4, 0.5) is 11.4 Å². The SMILES string of the molecule is O=C1CC(C(=O)Nc2ccccc2)(c2c[nH]c3ccccc23)N1c1ccccc1. The topological polar surface area (TPSA) is 65.2 Å². The molecule has 0 bridgehead atoms. The molecule has 1 fully saturated rings. The Morgan fingerprint density at radius 1 is 0.897 bits per heavy atom. The molecule has 1 aromatic heterocycles. The van der Waals surface area contributed by atoms with E-state index in [9.17, 15) is 9.59 Å². The molecule has 0 radical (unpaired) electrons. The predicted octanol–water partition coefficient (Wildman–Crippen LogP) is 4.44. The van der Waals surface area contributed by atoms with Gasteiger partial charge < -0.3 is 10.3 Å². The van der Waals surface area contributed by atoms with Gasteiger partial charge in [0.25, 0.3) is 5.91 Å². The van der Waals surface area contributed by atoms with Crippen LogP contribution < -0.4 is 10.2 Å². The summed E-state index contributed by atoms with van der Waals surface area (Å²) in [4.78, 5) is 31.3. The van der Waals surface area contributed by atoms with Gasteiger partial charge in [-0.05, 0) is 30.3 Å². The largest absolute Gasteiger partial charge is 0.361 e. The van der Waals surface area contributed by atoms with Crippen LogP contribution in [-0.4, -0.2) is 16.8 Å². The number of amides is 2. The summed E-state index contributed by atoms with van der Waals surface area (Å²) in [6, 6.07) is 26.5. The zero-order chi connectivity index (χ0) is 19.8. The van der Waals surface area contributed by atoms with E-state index >= 15 is 0 Å². The van der Waals surface area contributed by atoms with Gasteiger partial charge in [-0.15, -0.1) is 0 Å². The molecule has 0 saturated carbocycles. The minimum absolute atomic E-state index is 0.0790. The normalized spacial score (nSPS) is 18.5. The minimum atomic E-state index is -1.12. The molecule has 0 spiro atoms. The molecule has 29 heavy (non-hydrogen) atoms. The fourth-order valence-electron chi connectivity index (χ4n) is 4.13. The van der Waals surface area contributed by atoms with Gasteiger partial charge in [-0.25, -0.2) is 0 Å². The van der Waals surface area contributed by atoms with Crippen molar-refractivity contribution in [3.05, 3.63) is 96.7 Å². The first-order chi connectivity index (χ1) is 14.2. The maximum absolute atomic E-state index is 13.7. The highest BCUT2D eigenvalue weighted by molar-refractivity contribution is 6.18. The summed E-state index contributed by atoms with van der Waals surface area (Å²) in [6.07, 6.45) is 1.96. The zero-order valence-corrected chi connectivity index (χ0v) is 15.6. The maximum atomic E-state index is 13.7. The molecule has 5 nitrogen and oxygen atoms in total. The van der Waals surface area contributed by atoms with Gasteiger partial charge >= 0.3 is 0 Å². The first-order valence-corrected chi connectivity index (χ1v) is 9.51. The van der Waals surface area contributed by atoms with Crippen LogP contribution in [-0.2, 0) is 15.1 Å². The molecule has 1 aliphatic heterocycles. The molecule has 2 N–H and O–H groups in total. The van der Waals surface area contributed by atoms with Crippen LogP contribution in [0.2, 0.25) is 0 Å². The van der Waals surface area contributed by atoms with Gasteiger partial charge in [0.1, 0.15) is 0 Å². The average molecular weight is 381 g/mol. The number of para-hydroxylation sites is 3. The number of fused-ring (bicyclic) bond motifs is 1. The first kappa shape index (κ1) is 17.3. The van der Waals surface area contributed by atoms with E-state index < -0.39 is 5.54 Å². The lowest BCUT2D eigenvalue weighted by molar-refractivity contribution is -0.137. The van der Waals surface area contributed by atoms with E-state index in [0.29, 0.717) is 11.4 Å². The van der Waals surface area contributed by atoms with E-state index in [4.69, 9.17) is 0 Å². The Labute approximate surface area is 168 Å². The number of hydrogen-bond donors (Lipinski definition) is 2. The Kier molecular flexibility index (Phi) is 3.95. The van der Waals surface area contributed by atoms with Crippen molar-refractivity contribution in [2.24, 2.45) is 0 Å². The monoisotopic (exact) mass is 381 g/mol. The molecule has 3 aromatic carbocycles. The van der Waals surface area contributed by atoms with E-state index in [1.54, 1.807) is 4.90 Å². The zero-order valence-electron chi connectivity index (χ0n) is 15.6. The van der Waals surface area contributed by atoms with Crippen molar-refractivity contribution in [3.8, 4) is 0 Å². The van der Waals surface area contributed by atoms with Crippen molar-refractivity contribution in [1.82, 2.24) is 4.98 Å². The Bertz CT molecular complexity index is 1200. The lowest BCUT2D eigenvalue weighted by Gasteiger charge is -2.50. The standard InChI is InChI=1S/C24H19N3O2/c28-22-15-24(27(22)18-11-5-2-6-12-18,23(29)26-17-9-3-1-4-10-17)20-16-25-21-14-8-7-13-19(20)21/h1-14,16,25H,15H2,(H,26,29). The number of aromatic nitrogens is 1. The number of rotatable bonds is 4. The number of nitrogens with zero attached hydrogens (tertiary/aromatic N) is 1. The van der Waals surface area contributed by atoms with Crippen molar-refractivity contribution in [1.29, 1.82) is 0 Å². The highest BCUT2D eigenvalue weighted by Gasteiger charge is 2.59. The third-order valence-corrected chi connectivity index (χ3v) is 5.49. The van der Waals surface area contributed by atoms with Gasteiger partial charge in [0, 0.05) is 34.0 Å². The maximum Gasteiger partial charge on any atom is 0.256 e. The van der Waals surface area contributed by atoms with Crippen molar-refractivity contribution in [2.75, 3.05) is 10.2 Å². The second-order valence-electron chi connectivity index (χ2n) is 7.17. The first-order valence-electron chi connectivity index (χ1n) is 9.51. The second-order valence-corrected chi connectivity index (χ2v) is 7.17. The Morgan fingerprint density at radius 2 is 1.55 bits per heavy atom. The van der Waals surface area contributed by atoms with Crippen molar-refractivity contribution in [3.63, 3.8) is 0 Å². The number of benzene rings is 3. The number of anilines is 2. The van der Waals surface area contributed by atoms with Crippen LogP contribution in [0.5, 0.6) is 0 Å². The van der Waals surface area contributed by atoms with Gasteiger partial charge in [0.15, 0.2) is 5.54 Å². The van der Waals surface area contributed by atoms with Crippen LogP contribution in [0.15, 0.2) is 91.1 Å². The van der Waals surface area contributed by atoms with Crippen molar-refractivity contribution >= 4 is 34.1 Å². The van der Waals surface area contributed by atoms with E-state index in [1.807, 2.05) is 91.1 Å². The van der Waals surface area contributed by atoms with Crippen LogP contribution in [0.1, 0.15) is 12.0 Å². The predicted molar refractivity (Wildman–Crippen MR) is 114 cm³/mol. The van der Waals surface area contributed by atoms with E-state index in [0.717, 1.165) is 16.5 Å². The summed E-state index contributed by atoms with van der Waals surface area (Å²) in [5, 5.41) is 3.95. The van der Waals surface area contributed by atoms with Gasteiger partial charge in [-0.1, -0.05) is 54.6 Å². The quantitative estimate of drug-likeness (QED) is 0.513. The molecule has 0 aliphatic carbocycles. The summed E-state index contributed by atoms with van der Waals surface area (Å²) >= 11 is 0. The Morgan fingerprint density at radius 3 is 2.28 bits per heavy atom. The summed E-state index contributed by atoms with van der Waals surface area (Å²) < 4.78 is 0. The Balaban J connectivity index is 1.67. The number of H-pyrrole nitrogens is 1. The smallest absolute Gasteiger partial charge is 0.256 e. The molecule has 1 saturated heterocycles. The number of carbonyl (C=O) groups excluding carboxylic acids is 2. The molecule has 142 valence electrons. The molecule has 1 aliphatic rings. The van der Waals surface area contributed by atoms with Gasteiger partial charge in [0.2, 0.25) is 5.91 Å². The van der Waals surface area contributed by atoms with Crippen LogP contribution >= 0.6 is 0 Å². The molecule has 4 aromatic rings. The molecular weight excluding hydrogens is 362 g/mol. The Hall–Kier alpha value is -3.86. The third kappa shape index (κ3) is 2.63. The highest BCUT2D eigenvalue weighted by Crippen LogP contribution is 2.47. The third-order valence-electron chi connectivity index (χ3n) is 5.49. The van der Waals surface area contributed by atoms with Crippen LogP contribution in [0.3, 0.4) is 0 Å². The summed E-state index contributed by atoms with van der Waals surface area (Å²) in [5.74, 6) is -0.304. The second kappa shape index (κ2) is 6.63. The van der Waals surface area contributed by atoms with E-state index in [-0.39, 0.29) is 18.2 Å². The average Bonchev–Trinajstić information content (AvgIpc) is 3.17. The van der Waals surface area contributed by atoms with Crippen molar-refractivity contribution in [2.45, 2.75) is 12.0 Å². The molecule has 5 heteroatoms. The molecule has 1 atom stereocenters. The fourth-order valence-corrected chi connectivity index (χ4v) is 4.13. The number of aromatic amines is 1. The molecule has 5 rings (SSSR count). The molecule has 2 amide bonds. The lowest BCUT2D eigenvalue weighted by atomic mass is 9.75. The van der Waals surface area contributed by atoms with Crippen molar-refractivity contribution < 1.29 is 9.59 Å². The van der Waals surface area contributed by atoms with Gasteiger partial charge in [0.05, 0.1) is 6.42 Å². The number of hydrogen-bond acceptors (Lipinski definition) is 2. The van der Waals surface area contributed by atoms with E-state index in [1.165, 1.54) is 0 Å². The minimum Gasteiger partial charge on any atom is -0.361 e. The molecule has 2 heterocycles. The van der Waals surface area contributed by atoms with Gasteiger partial charge in [-0.3, -0.25) is 14.5 Å². The van der Waals surface area contributed by atoms with Gasteiger partial charge in [-0.2, -0.15) is 0 Å². The molecular formula is C24H19N3O2. The number of carbonyl (C=O) groups is 2. The lowest BCUT2D eigenvalue weighted by Crippen LogP contribution is -2.67.